The predicted octanol–water partition coefficient (Wildman–Crippen LogP) is 1.30. The van der Waals surface area contributed by atoms with Gasteiger partial charge in [-0.15, -0.1) is 0 Å². The minimum Gasteiger partial charge on any atom is -0.338 e. The first-order valence-corrected chi connectivity index (χ1v) is 9.04. The molecule has 0 aliphatic carbocycles. The highest BCUT2D eigenvalue weighted by Gasteiger charge is 2.29. The first-order valence-electron chi connectivity index (χ1n) is 7.05. The Balaban J connectivity index is 2.29. The van der Waals surface area contributed by atoms with Gasteiger partial charge in [0.05, 0.1) is 22.0 Å². The number of rotatable bonds is 4. The third-order valence-corrected chi connectivity index (χ3v) is 6.08. The molecule has 1 heterocycles. The molecule has 0 saturated carbocycles. The number of hydrogen-bond acceptors (Lipinski definition) is 4. The Labute approximate surface area is 135 Å². The molecule has 0 bridgehead atoms. The lowest BCUT2D eigenvalue weighted by atomic mass is 10.1. The molecule has 2 rings (SSSR count). The van der Waals surface area contributed by atoms with Crippen molar-refractivity contribution >= 4 is 33.2 Å². The van der Waals surface area contributed by atoms with Crippen molar-refractivity contribution in [3.8, 4) is 0 Å². The summed E-state index contributed by atoms with van der Waals surface area (Å²) in [6.45, 7) is 2.64. The van der Waals surface area contributed by atoms with Crippen LogP contribution in [0, 0.1) is 0 Å². The summed E-state index contributed by atoms with van der Waals surface area (Å²) in [6, 6.07) is 4.59. The van der Waals surface area contributed by atoms with Crippen LogP contribution in [0.1, 0.15) is 23.7 Å². The average molecular weight is 346 g/mol. The SMILES string of the molecule is C[C@H](CN)N(C)C(=O)c1ccc(N2CCCS2(=O)=O)cc1Cl. The minimum absolute atomic E-state index is 0.109. The van der Waals surface area contributed by atoms with E-state index in [1.165, 1.54) is 15.3 Å². The lowest BCUT2D eigenvalue weighted by Crippen LogP contribution is -2.39. The van der Waals surface area contributed by atoms with Gasteiger partial charge in [0.25, 0.3) is 5.91 Å². The summed E-state index contributed by atoms with van der Waals surface area (Å²) >= 11 is 6.19. The number of nitrogens with zero attached hydrogens (tertiary/aromatic N) is 2. The minimum atomic E-state index is -3.26. The number of sulfonamides is 1. The van der Waals surface area contributed by atoms with Gasteiger partial charge in [0.15, 0.2) is 0 Å². The maximum absolute atomic E-state index is 12.4. The molecule has 2 N–H and O–H groups in total. The molecule has 1 aliphatic rings. The van der Waals surface area contributed by atoms with Crippen LogP contribution in [0.2, 0.25) is 5.02 Å². The summed E-state index contributed by atoms with van der Waals surface area (Å²) in [7, 11) is -1.60. The number of halogens is 1. The van der Waals surface area contributed by atoms with Gasteiger partial charge in [-0.2, -0.15) is 0 Å². The van der Waals surface area contributed by atoms with E-state index in [2.05, 4.69) is 0 Å². The molecule has 0 aromatic heterocycles. The Morgan fingerprint density at radius 2 is 2.18 bits per heavy atom. The third kappa shape index (κ3) is 3.21. The highest BCUT2D eigenvalue weighted by atomic mass is 35.5. The molecule has 1 aliphatic heterocycles. The molecule has 122 valence electrons. The largest absolute Gasteiger partial charge is 0.338 e. The Hall–Kier alpha value is -1.31. The topological polar surface area (TPSA) is 83.7 Å². The zero-order valence-electron chi connectivity index (χ0n) is 12.6. The smallest absolute Gasteiger partial charge is 0.255 e. The van der Waals surface area contributed by atoms with Crippen LogP contribution in [-0.2, 0) is 10.0 Å². The number of carbonyl (C=O) groups is 1. The highest BCUT2D eigenvalue weighted by molar-refractivity contribution is 7.93. The van der Waals surface area contributed by atoms with E-state index in [1.54, 1.807) is 19.2 Å². The van der Waals surface area contributed by atoms with Gasteiger partial charge in [0.1, 0.15) is 0 Å². The van der Waals surface area contributed by atoms with Gasteiger partial charge in [0.2, 0.25) is 10.0 Å². The van der Waals surface area contributed by atoms with Crippen molar-refractivity contribution in [3.05, 3.63) is 28.8 Å². The Kier molecular flexibility index (Phi) is 4.99. The second-order valence-electron chi connectivity index (χ2n) is 5.41. The first-order chi connectivity index (χ1) is 10.3. The number of anilines is 1. The fourth-order valence-electron chi connectivity index (χ4n) is 2.31. The van der Waals surface area contributed by atoms with Crippen LogP contribution in [-0.4, -0.2) is 51.2 Å². The number of likely N-dealkylation sites (N-methyl/N-ethyl adjacent to an activating group) is 1. The molecule has 22 heavy (non-hydrogen) atoms. The summed E-state index contributed by atoms with van der Waals surface area (Å²) in [5.41, 5.74) is 6.40. The van der Waals surface area contributed by atoms with Gasteiger partial charge >= 0.3 is 0 Å². The Bertz CT molecular complexity index is 678. The van der Waals surface area contributed by atoms with Crippen molar-refractivity contribution in [1.29, 1.82) is 0 Å². The molecule has 0 unspecified atom stereocenters. The quantitative estimate of drug-likeness (QED) is 0.891. The van der Waals surface area contributed by atoms with E-state index < -0.39 is 10.0 Å². The maximum atomic E-state index is 12.4. The van der Waals surface area contributed by atoms with Crippen molar-refractivity contribution in [2.75, 3.05) is 30.2 Å². The second-order valence-corrected chi connectivity index (χ2v) is 7.83. The average Bonchev–Trinajstić information content (AvgIpc) is 2.84. The van der Waals surface area contributed by atoms with E-state index in [4.69, 9.17) is 17.3 Å². The van der Waals surface area contributed by atoms with Crippen LogP contribution >= 0.6 is 11.6 Å². The molecule has 0 radical (unpaired) electrons. The van der Waals surface area contributed by atoms with Gasteiger partial charge in [-0.05, 0) is 31.5 Å². The molecule has 1 fully saturated rings. The van der Waals surface area contributed by atoms with Crippen molar-refractivity contribution < 1.29 is 13.2 Å². The molecule has 1 aromatic rings. The van der Waals surface area contributed by atoms with Gasteiger partial charge < -0.3 is 10.6 Å². The Morgan fingerprint density at radius 3 is 2.68 bits per heavy atom. The van der Waals surface area contributed by atoms with Gasteiger partial charge in [0, 0.05) is 26.2 Å². The van der Waals surface area contributed by atoms with Crippen molar-refractivity contribution in [1.82, 2.24) is 4.90 Å². The maximum Gasteiger partial charge on any atom is 0.255 e. The summed E-state index contributed by atoms with van der Waals surface area (Å²) < 4.78 is 25.2. The van der Waals surface area contributed by atoms with Gasteiger partial charge in [-0.1, -0.05) is 11.6 Å². The van der Waals surface area contributed by atoms with E-state index in [0.29, 0.717) is 30.8 Å². The lowest BCUT2D eigenvalue weighted by molar-refractivity contribution is 0.0748. The van der Waals surface area contributed by atoms with E-state index in [-0.39, 0.29) is 22.7 Å². The number of hydrogen-bond donors (Lipinski definition) is 1. The van der Waals surface area contributed by atoms with Crippen molar-refractivity contribution in [2.45, 2.75) is 19.4 Å². The van der Waals surface area contributed by atoms with Crippen molar-refractivity contribution in [2.24, 2.45) is 5.73 Å². The molecule has 8 heteroatoms. The number of nitrogens with two attached hydrogens (primary N) is 1. The van der Waals surface area contributed by atoms with Crippen LogP contribution in [0.25, 0.3) is 0 Å². The fourth-order valence-corrected chi connectivity index (χ4v) is 4.12. The van der Waals surface area contributed by atoms with E-state index >= 15 is 0 Å². The summed E-state index contributed by atoms with van der Waals surface area (Å²) in [6.07, 6.45) is 0.595. The molecule has 6 nitrogen and oxygen atoms in total. The Morgan fingerprint density at radius 1 is 1.50 bits per heavy atom. The molecule has 1 aromatic carbocycles. The molecule has 1 amide bonds. The van der Waals surface area contributed by atoms with Crippen molar-refractivity contribution in [3.63, 3.8) is 0 Å². The highest BCUT2D eigenvalue weighted by Crippen LogP contribution is 2.29. The van der Waals surface area contributed by atoms with Crippen LogP contribution in [0.15, 0.2) is 18.2 Å². The van der Waals surface area contributed by atoms with Crippen LogP contribution in [0.5, 0.6) is 0 Å². The lowest BCUT2D eigenvalue weighted by Gasteiger charge is -2.24. The molecular formula is C14H20ClN3O3S. The molecule has 0 spiro atoms. The summed E-state index contributed by atoms with van der Waals surface area (Å²) in [4.78, 5) is 13.9. The molecule has 1 saturated heterocycles. The first kappa shape index (κ1) is 17.1. The van der Waals surface area contributed by atoms with E-state index in [1.807, 2.05) is 6.92 Å². The number of amides is 1. The van der Waals surface area contributed by atoms with E-state index in [9.17, 15) is 13.2 Å². The molecule has 1 atom stereocenters. The predicted molar refractivity (Wildman–Crippen MR) is 87.8 cm³/mol. The zero-order chi connectivity index (χ0) is 16.5. The van der Waals surface area contributed by atoms with Crippen LogP contribution in [0.4, 0.5) is 5.69 Å². The normalized spacial score (nSPS) is 18.3. The third-order valence-electron chi connectivity index (χ3n) is 3.89. The summed E-state index contributed by atoms with van der Waals surface area (Å²) in [5.74, 6) is -0.0963. The van der Waals surface area contributed by atoms with E-state index in [0.717, 1.165) is 0 Å². The zero-order valence-corrected chi connectivity index (χ0v) is 14.2. The van der Waals surface area contributed by atoms with Gasteiger partial charge in [-0.25, -0.2) is 8.42 Å². The second kappa shape index (κ2) is 6.44. The standard InChI is InChI=1S/C14H20ClN3O3S/c1-10(9-16)17(2)14(19)12-5-4-11(8-13(12)15)18-6-3-7-22(18,20)21/h4-5,8,10H,3,6-7,9,16H2,1-2H3/t10-/m1/s1. The molecular weight excluding hydrogens is 326 g/mol. The monoisotopic (exact) mass is 345 g/mol. The number of carbonyl (C=O) groups excluding carboxylic acids is 1. The summed E-state index contributed by atoms with van der Waals surface area (Å²) in [5, 5.41) is 0.237. The number of benzene rings is 1. The van der Waals surface area contributed by atoms with Crippen LogP contribution in [0.3, 0.4) is 0 Å². The van der Waals surface area contributed by atoms with Gasteiger partial charge in [-0.3, -0.25) is 9.10 Å². The van der Waals surface area contributed by atoms with Crippen LogP contribution < -0.4 is 10.0 Å². The fraction of sp³-hybridized carbons (Fsp3) is 0.500.